The van der Waals surface area contributed by atoms with Crippen LogP contribution in [0.15, 0.2) is 32.3 Å². The predicted octanol–water partition coefficient (Wildman–Crippen LogP) is 2.21. The van der Waals surface area contributed by atoms with Crippen molar-refractivity contribution in [1.82, 2.24) is 15.8 Å². The molecule has 0 radical (unpaired) electrons. The summed E-state index contributed by atoms with van der Waals surface area (Å²) in [7, 11) is 1.42. The van der Waals surface area contributed by atoms with Crippen LogP contribution in [0.3, 0.4) is 0 Å². The first-order valence-electron chi connectivity index (χ1n) is 5.27. The summed E-state index contributed by atoms with van der Waals surface area (Å²) >= 11 is 3.41. The Morgan fingerprint density at radius 3 is 2.89 bits per heavy atom. The van der Waals surface area contributed by atoms with Gasteiger partial charge >= 0.3 is 0 Å². The van der Waals surface area contributed by atoms with E-state index >= 15 is 0 Å². The van der Waals surface area contributed by atoms with Gasteiger partial charge in [0.05, 0.1) is 12.8 Å². The molecule has 0 saturated carbocycles. The number of hydrogen-bond donors (Lipinski definition) is 2. The van der Waals surface area contributed by atoms with E-state index in [-0.39, 0.29) is 17.4 Å². The van der Waals surface area contributed by atoms with Crippen molar-refractivity contribution in [1.29, 1.82) is 0 Å². The summed E-state index contributed by atoms with van der Waals surface area (Å²) in [5.74, 6) is 0.209. The zero-order chi connectivity index (χ0) is 13.8. The average molecular weight is 327 g/mol. The van der Waals surface area contributed by atoms with Crippen LogP contribution in [-0.2, 0) is 0 Å². The lowest BCUT2D eigenvalue weighted by atomic mass is 10.2. The van der Waals surface area contributed by atoms with Gasteiger partial charge in [0, 0.05) is 4.47 Å². The lowest BCUT2D eigenvalue weighted by molar-refractivity contribution is 0.233. The number of aromatic nitrogens is 2. The molecule has 0 atom stereocenters. The van der Waals surface area contributed by atoms with Crippen LogP contribution in [0.5, 0.6) is 5.88 Å². The maximum atomic E-state index is 9.15. The number of methoxy groups -OCH3 is 1. The van der Waals surface area contributed by atoms with E-state index in [0.717, 1.165) is 10.0 Å². The third-order valence-corrected chi connectivity index (χ3v) is 3.23. The smallest absolute Gasteiger partial charge is 0.287 e. The normalized spacial score (nSPS) is 11.5. The summed E-state index contributed by atoms with van der Waals surface area (Å²) in [4.78, 5) is 4.21. The Bertz CT molecular complexity index is 612. The van der Waals surface area contributed by atoms with Crippen molar-refractivity contribution in [2.45, 2.75) is 6.92 Å². The minimum Gasteiger partial charge on any atom is -0.477 e. The summed E-state index contributed by atoms with van der Waals surface area (Å²) in [6.45, 7) is 1.97. The molecule has 0 bridgehead atoms. The zero-order valence-corrected chi connectivity index (χ0v) is 11.8. The molecule has 7 nitrogen and oxygen atoms in total. The van der Waals surface area contributed by atoms with Crippen LogP contribution >= 0.6 is 15.9 Å². The molecule has 0 spiro atoms. The summed E-state index contributed by atoms with van der Waals surface area (Å²) in [5, 5.41) is 16.3. The van der Waals surface area contributed by atoms with Crippen LogP contribution in [0.1, 0.15) is 11.3 Å². The lowest BCUT2D eigenvalue weighted by Crippen LogP contribution is -2.21. The maximum absolute atomic E-state index is 9.15. The highest BCUT2D eigenvalue weighted by Gasteiger charge is 2.17. The van der Waals surface area contributed by atoms with Crippen molar-refractivity contribution < 1.29 is 14.6 Å². The summed E-state index contributed by atoms with van der Waals surface area (Å²) in [6, 6.07) is 5.51. The number of nitrogens with zero attached hydrogens (tertiary/aromatic N) is 3. The first-order valence-corrected chi connectivity index (χ1v) is 6.07. The average Bonchev–Trinajstić information content (AvgIpc) is 2.88. The fourth-order valence-electron chi connectivity index (χ4n) is 1.37. The van der Waals surface area contributed by atoms with Gasteiger partial charge in [0.25, 0.3) is 5.88 Å². The lowest BCUT2D eigenvalue weighted by Gasteiger charge is -2.03. The Hall–Kier alpha value is -1.93. The van der Waals surface area contributed by atoms with Crippen LogP contribution < -0.4 is 10.2 Å². The molecule has 0 fully saturated rings. The molecule has 2 rings (SSSR count). The van der Waals surface area contributed by atoms with E-state index in [0.29, 0.717) is 5.69 Å². The minimum atomic E-state index is 0.0776. The molecular formula is C11H11BrN4O3. The highest BCUT2D eigenvalue weighted by atomic mass is 79.9. The molecule has 0 amide bonds. The molecule has 1 heterocycles. The largest absolute Gasteiger partial charge is 0.477 e. The highest BCUT2D eigenvalue weighted by molar-refractivity contribution is 9.10. The Morgan fingerprint density at radius 1 is 1.47 bits per heavy atom. The molecule has 0 saturated heterocycles. The van der Waals surface area contributed by atoms with Gasteiger partial charge in [0.1, 0.15) is 0 Å². The van der Waals surface area contributed by atoms with E-state index in [1.807, 2.05) is 24.5 Å². The molecule has 100 valence electrons. The number of rotatable bonds is 3. The van der Waals surface area contributed by atoms with Crippen molar-refractivity contribution in [2.24, 2.45) is 4.99 Å². The number of ether oxygens (including phenoxy) is 1. The van der Waals surface area contributed by atoms with Crippen LogP contribution in [-0.4, -0.2) is 28.5 Å². The van der Waals surface area contributed by atoms with Crippen molar-refractivity contribution in [3.8, 4) is 5.88 Å². The van der Waals surface area contributed by atoms with Gasteiger partial charge in [-0.15, -0.1) is 0 Å². The fourth-order valence-corrected chi connectivity index (χ4v) is 1.74. The van der Waals surface area contributed by atoms with E-state index in [4.69, 9.17) is 9.94 Å². The molecule has 0 aliphatic carbocycles. The van der Waals surface area contributed by atoms with Crippen LogP contribution in [0, 0.1) is 6.92 Å². The molecule has 0 aliphatic heterocycles. The second-order valence-electron chi connectivity index (χ2n) is 3.63. The quantitative estimate of drug-likeness (QED) is 0.510. The number of halogens is 1. The molecule has 1 aromatic heterocycles. The molecule has 8 heteroatoms. The summed E-state index contributed by atoms with van der Waals surface area (Å²) in [5.41, 5.74) is 3.84. The number of benzene rings is 1. The fraction of sp³-hybridized carbons (Fsp3) is 0.182. The standard InChI is InChI=1S/C11H11BrN4O3/c1-6-3-4-7(5-8(6)12)13-10(14-17)9-11(18-2)16-19-15-9/h3-5,17H,1-2H3,(H,13,14). The van der Waals surface area contributed by atoms with E-state index in [1.165, 1.54) is 7.11 Å². The molecule has 2 N–H and O–H groups in total. The monoisotopic (exact) mass is 326 g/mol. The molecule has 0 aliphatic rings. The van der Waals surface area contributed by atoms with Gasteiger partial charge < -0.3 is 4.74 Å². The summed E-state index contributed by atoms with van der Waals surface area (Å²) in [6.07, 6.45) is 0. The van der Waals surface area contributed by atoms with E-state index in [2.05, 4.69) is 35.9 Å². The van der Waals surface area contributed by atoms with Gasteiger partial charge in [-0.05, 0) is 34.9 Å². The second-order valence-corrected chi connectivity index (χ2v) is 4.48. The van der Waals surface area contributed by atoms with Gasteiger partial charge in [-0.3, -0.25) is 10.7 Å². The molecule has 2 aromatic rings. The maximum Gasteiger partial charge on any atom is 0.287 e. The summed E-state index contributed by atoms with van der Waals surface area (Å²) < 4.78 is 10.4. The molecular weight excluding hydrogens is 316 g/mol. The van der Waals surface area contributed by atoms with Gasteiger partial charge in [0.2, 0.25) is 5.69 Å². The van der Waals surface area contributed by atoms with Gasteiger partial charge in [0.15, 0.2) is 5.84 Å². The first kappa shape index (κ1) is 13.5. The second kappa shape index (κ2) is 5.81. The molecule has 1 aromatic carbocycles. The Kier molecular flexibility index (Phi) is 4.13. The molecule has 0 unspecified atom stereocenters. The van der Waals surface area contributed by atoms with Crippen LogP contribution in [0.2, 0.25) is 0 Å². The van der Waals surface area contributed by atoms with Crippen molar-refractivity contribution >= 4 is 27.5 Å². The van der Waals surface area contributed by atoms with Gasteiger partial charge in [-0.1, -0.05) is 22.0 Å². The Balaban J connectivity index is 2.41. The third-order valence-electron chi connectivity index (χ3n) is 2.38. The van der Waals surface area contributed by atoms with Gasteiger partial charge in [-0.2, -0.15) is 0 Å². The van der Waals surface area contributed by atoms with Gasteiger partial charge in [-0.25, -0.2) is 9.62 Å². The molecule has 19 heavy (non-hydrogen) atoms. The number of hydrogen-bond acceptors (Lipinski definition) is 6. The van der Waals surface area contributed by atoms with Crippen molar-refractivity contribution in [2.75, 3.05) is 7.11 Å². The number of amidine groups is 1. The van der Waals surface area contributed by atoms with Crippen LogP contribution in [0.25, 0.3) is 0 Å². The van der Waals surface area contributed by atoms with Crippen molar-refractivity contribution in [3.63, 3.8) is 0 Å². The van der Waals surface area contributed by atoms with Crippen molar-refractivity contribution in [3.05, 3.63) is 33.9 Å². The Morgan fingerprint density at radius 2 is 2.26 bits per heavy atom. The SMILES string of the molecule is COc1nonc1C(=Nc1ccc(C)c(Br)c1)NO. The highest BCUT2D eigenvalue weighted by Crippen LogP contribution is 2.23. The topological polar surface area (TPSA) is 92.8 Å². The van der Waals surface area contributed by atoms with E-state index < -0.39 is 0 Å². The Labute approximate surface area is 117 Å². The number of hydroxylamine groups is 1. The predicted molar refractivity (Wildman–Crippen MR) is 70.8 cm³/mol. The first-order chi connectivity index (χ1) is 9.15. The number of nitrogens with one attached hydrogen (secondary N) is 1. The number of aryl methyl sites for hydroxylation is 1. The van der Waals surface area contributed by atoms with E-state index in [1.54, 1.807) is 6.07 Å². The number of aliphatic imine (C=N–C) groups is 1. The third kappa shape index (κ3) is 2.91. The van der Waals surface area contributed by atoms with Crippen LogP contribution in [0.4, 0.5) is 5.69 Å². The minimum absolute atomic E-state index is 0.0776. The van der Waals surface area contributed by atoms with E-state index in [9.17, 15) is 0 Å². The zero-order valence-electron chi connectivity index (χ0n) is 10.2.